The number of rotatable bonds is 3. The molecule has 1 aromatic carbocycles. The highest BCUT2D eigenvalue weighted by Crippen LogP contribution is 2.35. The second-order valence-corrected chi connectivity index (χ2v) is 4.01. The van der Waals surface area contributed by atoms with Crippen LogP contribution in [0.15, 0.2) is 18.2 Å². The molecule has 0 aromatic heterocycles. The van der Waals surface area contributed by atoms with Gasteiger partial charge in [-0.25, -0.2) is 0 Å². The maximum Gasteiger partial charge on any atom is 0.313 e. The van der Waals surface area contributed by atoms with Crippen molar-refractivity contribution < 1.29 is 23.8 Å². The Kier molecular flexibility index (Phi) is 3.50. The van der Waals surface area contributed by atoms with E-state index in [1.54, 1.807) is 25.3 Å². The fraction of sp³-hybridized carbons (Fsp3) is 0.385. The Hall–Kier alpha value is -2.04. The lowest BCUT2D eigenvalue weighted by Gasteiger charge is -2.23. The third kappa shape index (κ3) is 2.45. The minimum absolute atomic E-state index is 0.117. The maximum atomic E-state index is 11.4. The number of hydrogen-bond acceptors (Lipinski definition) is 5. The summed E-state index contributed by atoms with van der Waals surface area (Å²) in [7, 11) is 3.07. The van der Waals surface area contributed by atoms with Crippen LogP contribution in [0.3, 0.4) is 0 Å². The number of Topliss-reactive ketones (excluding diaryl/α,β-unsaturated/α-hetero) is 1. The molecule has 96 valence electrons. The van der Waals surface area contributed by atoms with Gasteiger partial charge in [-0.3, -0.25) is 9.59 Å². The predicted molar refractivity (Wildman–Crippen MR) is 62.6 cm³/mol. The molecule has 18 heavy (non-hydrogen) atoms. The molecule has 5 nitrogen and oxygen atoms in total. The normalized spacial score (nSPS) is 19.3. The van der Waals surface area contributed by atoms with Gasteiger partial charge in [0.05, 0.1) is 14.2 Å². The quantitative estimate of drug-likeness (QED) is 0.603. The van der Waals surface area contributed by atoms with Gasteiger partial charge in [-0.1, -0.05) is 0 Å². The predicted octanol–water partition coefficient (Wildman–Crippen LogP) is 1.65. The molecule has 0 aliphatic carbocycles. The molecule has 1 heterocycles. The largest absolute Gasteiger partial charge is 0.497 e. The average Bonchev–Trinajstić information content (AvgIpc) is 2.36. The van der Waals surface area contributed by atoms with Crippen LogP contribution in [0.2, 0.25) is 0 Å². The number of ether oxygens (including phenoxy) is 3. The van der Waals surface area contributed by atoms with E-state index in [0.717, 1.165) is 0 Å². The lowest BCUT2D eigenvalue weighted by molar-refractivity contribution is -0.158. The fourth-order valence-corrected chi connectivity index (χ4v) is 1.94. The van der Waals surface area contributed by atoms with E-state index in [1.165, 1.54) is 7.11 Å². The highest BCUT2D eigenvalue weighted by molar-refractivity contribution is 5.97. The molecule has 2 rings (SSSR count). The lowest BCUT2D eigenvalue weighted by atomic mass is 9.99. The highest BCUT2D eigenvalue weighted by atomic mass is 16.5. The fourth-order valence-electron chi connectivity index (χ4n) is 1.94. The van der Waals surface area contributed by atoms with Gasteiger partial charge >= 0.3 is 5.97 Å². The number of ketones is 1. The van der Waals surface area contributed by atoms with Crippen molar-refractivity contribution in [2.75, 3.05) is 14.2 Å². The molecular formula is C13H14O5. The van der Waals surface area contributed by atoms with E-state index in [0.29, 0.717) is 17.1 Å². The van der Waals surface area contributed by atoms with E-state index in [-0.39, 0.29) is 18.6 Å². The summed E-state index contributed by atoms with van der Waals surface area (Å²) in [6, 6.07) is 5.18. The SMILES string of the molecule is COc1ccc(C2CC(=O)CC(=O)O2)c(OC)c1. The van der Waals surface area contributed by atoms with E-state index in [1.807, 2.05) is 0 Å². The standard InChI is InChI=1S/C13H14O5/c1-16-9-3-4-10(11(7-9)17-2)12-5-8(14)6-13(15)18-12/h3-4,7,12H,5-6H2,1-2H3. The van der Waals surface area contributed by atoms with Crippen LogP contribution in [0, 0.1) is 0 Å². The van der Waals surface area contributed by atoms with Gasteiger partial charge in [-0.2, -0.15) is 0 Å². The van der Waals surface area contributed by atoms with E-state index < -0.39 is 12.1 Å². The summed E-state index contributed by atoms with van der Waals surface area (Å²) in [5.41, 5.74) is 0.680. The number of cyclic esters (lactones) is 1. The van der Waals surface area contributed by atoms with Gasteiger partial charge in [0.1, 0.15) is 29.8 Å². The first-order valence-corrected chi connectivity index (χ1v) is 5.57. The molecule has 0 radical (unpaired) electrons. The van der Waals surface area contributed by atoms with E-state index in [4.69, 9.17) is 14.2 Å². The Morgan fingerprint density at radius 3 is 2.61 bits per heavy atom. The topological polar surface area (TPSA) is 61.8 Å². The van der Waals surface area contributed by atoms with Crippen LogP contribution in [0.25, 0.3) is 0 Å². The van der Waals surface area contributed by atoms with Crippen molar-refractivity contribution in [2.45, 2.75) is 18.9 Å². The molecular weight excluding hydrogens is 236 g/mol. The van der Waals surface area contributed by atoms with Crippen LogP contribution in [0.5, 0.6) is 11.5 Å². The van der Waals surface area contributed by atoms with Crippen molar-refractivity contribution in [1.29, 1.82) is 0 Å². The first-order valence-electron chi connectivity index (χ1n) is 5.57. The van der Waals surface area contributed by atoms with Crippen molar-refractivity contribution in [3.8, 4) is 11.5 Å². The Labute approximate surface area is 105 Å². The minimum Gasteiger partial charge on any atom is -0.497 e. The number of benzene rings is 1. The van der Waals surface area contributed by atoms with Crippen molar-refractivity contribution in [3.05, 3.63) is 23.8 Å². The van der Waals surface area contributed by atoms with Gasteiger partial charge in [0.2, 0.25) is 0 Å². The Bertz CT molecular complexity index is 464. The minimum atomic E-state index is -0.570. The first kappa shape index (κ1) is 12.4. The van der Waals surface area contributed by atoms with Crippen molar-refractivity contribution in [3.63, 3.8) is 0 Å². The first-order chi connectivity index (χ1) is 8.63. The third-order valence-electron chi connectivity index (χ3n) is 2.82. The van der Waals surface area contributed by atoms with Crippen molar-refractivity contribution >= 4 is 11.8 Å². The van der Waals surface area contributed by atoms with Crippen LogP contribution < -0.4 is 9.47 Å². The molecule has 0 saturated carbocycles. The van der Waals surface area contributed by atoms with Gasteiger partial charge in [0, 0.05) is 18.1 Å². The zero-order valence-electron chi connectivity index (χ0n) is 10.3. The second kappa shape index (κ2) is 5.08. The van der Waals surface area contributed by atoms with Crippen LogP contribution in [-0.4, -0.2) is 26.0 Å². The van der Waals surface area contributed by atoms with Crippen LogP contribution in [0.4, 0.5) is 0 Å². The maximum absolute atomic E-state index is 11.4. The summed E-state index contributed by atoms with van der Waals surface area (Å²) in [5, 5.41) is 0. The molecule has 1 aromatic rings. The molecule has 0 bridgehead atoms. The van der Waals surface area contributed by atoms with Crippen molar-refractivity contribution in [2.24, 2.45) is 0 Å². The zero-order valence-corrected chi connectivity index (χ0v) is 10.3. The molecule has 0 spiro atoms. The monoisotopic (exact) mass is 250 g/mol. The average molecular weight is 250 g/mol. The Balaban J connectivity index is 2.32. The smallest absolute Gasteiger partial charge is 0.313 e. The summed E-state index contributed by atoms with van der Waals surface area (Å²) in [5.74, 6) is 0.578. The Morgan fingerprint density at radius 2 is 2.00 bits per heavy atom. The number of carbonyl (C=O) groups excluding carboxylic acids is 2. The molecule has 1 unspecified atom stereocenters. The second-order valence-electron chi connectivity index (χ2n) is 4.01. The highest BCUT2D eigenvalue weighted by Gasteiger charge is 2.29. The van der Waals surface area contributed by atoms with Crippen LogP contribution >= 0.6 is 0 Å². The summed E-state index contributed by atoms with van der Waals surface area (Å²) >= 11 is 0. The van der Waals surface area contributed by atoms with Gasteiger partial charge in [0.15, 0.2) is 0 Å². The van der Waals surface area contributed by atoms with Gasteiger partial charge in [0.25, 0.3) is 0 Å². The summed E-state index contributed by atoms with van der Waals surface area (Å²) < 4.78 is 15.5. The molecule has 1 saturated heterocycles. The van der Waals surface area contributed by atoms with Crippen LogP contribution in [0.1, 0.15) is 24.5 Å². The molecule has 1 atom stereocenters. The zero-order chi connectivity index (χ0) is 13.1. The molecule has 0 N–H and O–H groups in total. The van der Waals surface area contributed by atoms with E-state index in [2.05, 4.69) is 0 Å². The van der Waals surface area contributed by atoms with Gasteiger partial charge in [-0.05, 0) is 12.1 Å². The van der Waals surface area contributed by atoms with Crippen LogP contribution in [-0.2, 0) is 14.3 Å². The summed E-state index contributed by atoms with van der Waals surface area (Å²) in [4.78, 5) is 22.7. The number of esters is 1. The summed E-state index contributed by atoms with van der Waals surface area (Å²) in [6.45, 7) is 0. The van der Waals surface area contributed by atoms with Gasteiger partial charge < -0.3 is 14.2 Å². The molecule has 1 aliphatic rings. The summed E-state index contributed by atoms with van der Waals surface area (Å²) in [6.07, 6.45) is -0.525. The molecule has 1 fully saturated rings. The number of methoxy groups -OCH3 is 2. The molecule has 1 aliphatic heterocycles. The Morgan fingerprint density at radius 1 is 1.22 bits per heavy atom. The number of carbonyl (C=O) groups is 2. The van der Waals surface area contributed by atoms with Gasteiger partial charge in [-0.15, -0.1) is 0 Å². The van der Waals surface area contributed by atoms with E-state index >= 15 is 0 Å². The molecule has 0 amide bonds. The molecule has 5 heteroatoms. The number of hydrogen-bond donors (Lipinski definition) is 0. The third-order valence-corrected chi connectivity index (χ3v) is 2.82. The lowest BCUT2D eigenvalue weighted by Crippen LogP contribution is -2.24. The van der Waals surface area contributed by atoms with E-state index in [9.17, 15) is 9.59 Å². The van der Waals surface area contributed by atoms with Crippen molar-refractivity contribution in [1.82, 2.24) is 0 Å².